The fourth-order valence-electron chi connectivity index (χ4n) is 3.26. The number of benzene rings is 1. The zero-order valence-corrected chi connectivity index (χ0v) is 16.2. The second kappa shape index (κ2) is 7.90. The summed E-state index contributed by atoms with van der Waals surface area (Å²) in [5.41, 5.74) is 3.23. The fraction of sp³-hybridized carbons (Fsp3) is 0.238. The second-order valence-corrected chi connectivity index (χ2v) is 7.71. The highest BCUT2D eigenvalue weighted by Crippen LogP contribution is 2.34. The van der Waals surface area contributed by atoms with Crippen LogP contribution in [0.25, 0.3) is 10.6 Å². The molecule has 1 unspecified atom stereocenters. The van der Waals surface area contributed by atoms with Gasteiger partial charge in [-0.1, -0.05) is 0 Å². The Morgan fingerprint density at radius 2 is 2.04 bits per heavy atom. The molecule has 0 fully saturated rings. The smallest absolute Gasteiger partial charge is 0.337 e. The van der Waals surface area contributed by atoms with Gasteiger partial charge in [0.25, 0.3) is 0 Å². The summed E-state index contributed by atoms with van der Waals surface area (Å²) in [6, 6.07) is 10.6. The summed E-state index contributed by atoms with van der Waals surface area (Å²) in [6.45, 7) is 0. The fourth-order valence-corrected chi connectivity index (χ4v) is 4.44. The Morgan fingerprint density at radius 1 is 1.21 bits per heavy atom. The summed E-state index contributed by atoms with van der Waals surface area (Å²) in [5.74, 6) is -0.491. The topological polar surface area (TPSA) is 81.2 Å². The van der Waals surface area contributed by atoms with Gasteiger partial charge in [-0.15, -0.1) is 11.3 Å². The number of ether oxygens (including phenoxy) is 1. The quantitative estimate of drug-likeness (QED) is 0.683. The minimum absolute atomic E-state index is 0.00667. The van der Waals surface area contributed by atoms with Gasteiger partial charge in [-0.3, -0.25) is 9.78 Å². The van der Waals surface area contributed by atoms with E-state index >= 15 is 0 Å². The molecule has 0 radical (unpaired) electrons. The van der Waals surface area contributed by atoms with Gasteiger partial charge in [0.2, 0.25) is 5.91 Å². The van der Waals surface area contributed by atoms with Crippen LogP contribution in [0.15, 0.2) is 48.8 Å². The SMILES string of the molecule is COC(=O)c1ccc(NC(=O)C2CCc3nc(-c4cccnc4)sc3C2)cc1. The molecule has 1 amide bonds. The molecule has 2 heterocycles. The Balaban J connectivity index is 1.43. The lowest BCUT2D eigenvalue weighted by Crippen LogP contribution is -2.27. The average Bonchev–Trinajstić information content (AvgIpc) is 3.18. The van der Waals surface area contributed by atoms with Crippen LogP contribution in [0, 0.1) is 5.92 Å². The number of aryl methyl sites for hydroxylation is 1. The van der Waals surface area contributed by atoms with Gasteiger partial charge in [0.15, 0.2) is 0 Å². The molecule has 0 saturated carbocycles. The highest BCUT2D eigenvalue weighted by molar-refractivity contribution is 7.15. The summed E-state index contributed by atoms with van der Waals surface area (Å²) < 4.78 is 4.68. The molecule has 6 nitrogen and oxygen atoms in total. The maximum Gasteiger partial charge on any atom is 0.337 e. The lowest BCUT2D eigenvalue weighted by atomic mass is 9.90. The first-order valence-electron chi connectivity index (χ1n) is 9.02. The highest BCUT2D eigenvalue weighted by atomic mass is 32.1. The van der Waals surface area contributed by atoms with E-state index in [4.69, 9.17) is 4.98 Å². The summed E-state index contributed by atoms with van der Waals surface area (Å²) in [4.78, 5) is 34.3. The van der Waals surface area contributed by atoms with E-state index in [1.807, 2.05) is 18.3 Å². The van der Waals surface area contributed by atoms with Gasteiger partial charge in [0, 0.05) is 34.4 Å². The van der Waals surface area contributed by atoms with E-state index in [2.05, 4.69) is 15.0 Å². The molecule has 1 N–H and O–H groups in total. The maximum atomic E-state index is 12.7. The highest BCUT2D eigenvalue weighted by Gasteiger charge is 2.28. The van der Waals surface area contributed by atoms with E-state index in [0.29, 0.717) is 17.7 Å². The molecule has 1 aliphatic rings. The molecule has 3 aromatic rings. The van der Waals surface area contributed by atoms with E-state index in [-0.39, 0.29) is 11.8 Å². The number of thiazole rings is 1. The number of anilines is 1. The van der Waals surface area contributed by atoms with Gasteiger partial charge in [0.1, 0.15) is 5.01 Å². The van der Waals surface area contributed by atoms with Crippen molar-refractivity contribution in [3.8, 4) is 10.6 Å². The minimum atomic E-state index is -0.396. The number of carbonyl (C=O) groups excluding carboxylic acids is 2. The van der Waals surface area contributed by atoms with Crippen molar-refractivity contribution < 1.29 is 14.3 Å². The van der Waals surface area contributed by atoms with Gasteiger partial charge in [0.05, 0.1) is 18.4 Å². The molecular formula is C21H19N3O3S. The number of amides is 1. The van der Waals surface area contributed by atoms with Crippen LogP contribution in [0.5, 0.6) is 0 Å². The normalized spacial score (nSPS) is 15.5. The molecule has 1 aromatic carbocycles. The number of carbonyl (C=O) groups is 2. The van der Waals surface area contributed by atoms with Crippen LogP contribution >= 0.6 is 11.3 Å². The summed E-state index contributed by atoms with van der Waals surface area (Å²) in [7, 11) is 1.34. The molecule has 1 atom stereocenters. The van der Waals surface area contributed by atoms with Gasteiger partial charge in [-0.2, -0.15) is 0 Å². The van der Waals surface area contributed by atoms with Crippen LogP contribution in [0.3, 0.4) is 0 Å². The molecule has 4 rings (SSSR count). The third-order valence-corrected chi connectivity index (χ3v) is 5.96. The number of hydrogen-bond donors (Lipinski definition) is 1. The van der Waals surface area contributed by atoms with Crippen LogP contribution < -0.4 is 5.32 Å². The first-order valence-corrected chi connectivity index (χ1v) is 9.84. The summed E-state index contributed by atoms with van der Waals surface area (Å²) >= 11 is 1.64. The lowest BCUT2D eigenvalue weighted by Gasteiger charge is -2.20. The number of hydrogen-bond acceptors (Lipinski definition) is 6. The van der Waals surface area contributed by atoms with E-state index < -0.39 is 5.97 Å². The molecule has 0 spiro atoms. The van der Waals surface area contributed by atoms with Crippen molar-refractivity contribution in [3.05, 3.63) is 64.9 Å². The van der Waals surface area contributed by atoms with Crippen molar-refractivity contribution in [2.45, 2.75) is 19.3 Å². The Labute approximate surface area is 166 Å². The molecule has 1 aliphatic carbocycles. The van der Waals surface area contributed by atoms with Crippen LogP contribution in [0.2, 0.25) is 0 Å². The van der Waals surface area contributed by atoms with Gasteiger partial charge >= 0.3 is 5.97 Å². The Hall–Kier alpha value is -3.06. The molecular weight excluding hydrogens is 374 g/mol. The van der Waals surface area contributed by atoms with E-state index in [0.717, 1.165) is 29.1 Å². The van der Waals surface area contributed by atoms with Crippen LogP contribution in [-0.2, 0) is 22.4 Å². The average molecular weight is 393 g/mol. The van der Waals surface area contributed by atoms with E-state index in [9.17, 15) is 9.59 Å². The minimum Gasteiger partial charge on any atom is -0.465 e. The van der Waals surface area contributed by atoms with Crippen molar-refractivity contribution in [2.75, 3.05) is 12.4 Å². The molecule has 2 aromatic heterocycles. The number of nitrogens with zero attached hydrogens (tertiary/aromatic N) is 2. The largest absolute Gasteiger partial charge is 0.465 e. The molecule has 0 aliphatic heterocycles. The lowest BCUT2D eigenvalue weighted by molar-refractivity contribution is -0.120. The van der Waals surface area contributed by atoms with E-state index in [1.165, 1.54) is 12.0 Å². The van der Waals surface area contributed by atoms with E-state index in [1.54, 1.807) is 41.8 Å². The molecule has 28 heavy (non-hydrogen) atoms. The molecule has 0 saturated heterocycles. The molecule has 142 valence electrons. The number of methoxy groups -OCH3 is 1. The monoisotopic (exact) mass is 393 g/mol. The van der Waals surface area contributed by atoms with Crippen LogP contribution in [0.4, 0.5) is 5.69 Å². The zero-order valence-electron chi connectivity index (χ0n) is 15.3. The molecule has 7 heteroatoms. The Kier molecular flexibility index (Phi) is 5.16. The first-order chi connectivity index (χ1) is 13.6. The summed E-state index contributed by atoms with van der Waals surface area (Å²) in [5, 5.41) is 3.90. The number of pyridine rings is 1. The predicted molar refractivity (Wildman–Crippen MR) is 107 cm³/mol. The standard InChI is InChI=1S/C21H19N3O3S/c1-27-21(26)13-4-7-16(8-5-13)23-19(25)14-6-9-17-18(11-14)28-20(24-17)15-3-2-10-22-12-15/h2-5,7-8,10,12,14H,6,9,11H2,1H3,(H,23,25). The van der Waals surface area contributed by atoms with Crippen LogP contribution in [-0.4, -0.2) is 29.0 Å². The zero-order chi connectivity index (χ0) is 19.5. The number of rotatable bonds is 4. The molecule has 0 bridgehead atoms. The number of fused-ring (bicyclic) bond motifs is 1. The third-order valence-electron chi connectivity index (χ3n) is 4.79. The van der Waals surface area contributed by atoms with Crippen molar-refractivity contribution >= 4 is 28.9 Å². The summed E-state index contributed by atoms with van der Waals surface area (Å²) in [6.07, 6.45) is 5.82. The Bertz CT molecular complexity index is 999. The van der Waals surface area contributed by atoms with Gasteiger partial charge < -0.3 is 10.1 Å². The van der Waals surface area contributed by atoms with Gasteiger partial charge in [-0.05, 0) is 55.7 Å². The van der Waals surface area contributed by atoms with Gasteiger partial charge in [-0.25, -0.2) is 9.78 Å². The van der Waals surface area contributed by atoms with Crippen molar-refractivity contribution in [1.82, 2.24) is 9.97 Å². The van der Waals surface area contributed by atoms with Crippen molar-refractivity contribution in [2.24, 2.45) is 5.92 Å². The van der Waals surface area contributed by atoms with Crippen molar-refractivity contribution in [3.63, 3.8) is 0 Å². The number of esters is 1. The number of nitrogens with one attached hydrogen (secondary N) is 1. The second-order valence-electron chi connectivity index (χ2n) is 6.63. The maximum absolute atomic E-state index is 12.7. The third kappa shape index (κ3) is 3.80. The Morgan fingerprint density at radius 3 is 2.75 bits per heavy atom. The number of aromatic nitrogens is 2. The van der Waals surface area contributed by atoms with Crippen LogP contribution in [0.1, 0.15) is 27.3 Å². The first kappa shape index (κ1) is 18.3. The predicted octanol–water partition coefficient (Wildman–Crippen LogP) is 3.74. The van der Waals surface area contributed by atoms with Crippen molar-refractivity contribution in [1.29, 1.82) is 0 Å².